The number of para-hydroxylation sites is 2. The number of thiazole rings is 1. The van der Waals surface area contributed by atoms with Gasteiger partial charge in [-0.3, -0.25) is 4.79 Å². The Bertz CT molecular complexity index is 841. The quantitative estimate of drug-likeness (QED) is 0.736. The first-order valence-electron chi connectivity index (χ1n) is 7.62. The summed E-state index contributed by atoms with van der Waals surface area (Å²) in [6.07, 6.45) is 0. The summed E-state index contributed by atoms with van der Waals surface area (Å²) < 4.78 is 5.82. The van der Waals surface area contributed by atoms with E-state index in [2.05, 4.69) is 41.5 Å². The molecule has 122 valence electrons. The molecule has 0 radical (unpaired) electrons. The van der Waals surface area contributed by atoms with Crippen LogP contribution in [0.3, 0.4) is 0 Å². The van der Waals surface area contributed by atoms with Crippen molar-refractivity contribution in [1.29, 1.82) is 0 Å². The van der Waals surface area contributed by atoms with Crippen LogP contribution < -0.4 is 10.1 Å². The van der Waals surface area contributed by atoms with Crippen molar-refractivity contribution in [1.82, 2.24) is 4.98 Å². The predicted molar refractivity (Wildman–Crippen MR) is 97.4 cm³/mol. The van der Waals surface area contributed by atoms with Crippen LogP contribution in [0.25, 0.3) is 10.6 Å². The lowest BCUT2D eigenvalue weighted by Crippen LogP contribution is -2.07. The lowest BCUT2D eigenvalue weighted by molar-refractivity contribution is -0.114. The maximum absolute atomic E-state index is 11.2. The SMILES string of the molecule is CC(=O)Nc1ccccc1OCc1csc(-c2ccc(C)cc2)n1. The Morgan fingerprint density at radius 2 is 1.92 bits per heavy atom. The molecular weight excluding hydrogens is 320 g/mol. The lowest BCUT2D eigenvalue weighted by atomic mass is 10.2. The average Bonchev–Trinajstić information content (AvgIpc) is 3.03. The summed E-state index contributed by atoms with van der Waals surface area (Å²) in [5.74, 6) is 0.513. The smallest absolute Gasteiger partial charge is 0.221 e. The molecule has 24 heavy (non-hydrogen) atoms. The normalized spacial score (nSPS) is 10.4. The molecule has 1 aromatic heterocycles. The molecule has 0 aliphatic rings. The molecule has 5 heteroatoms. The first-order chi connectivity index (χ1) is 11.6. The number of carbonyl (C=O) groups excluding carboxylic acids is 1. The summed E-state index contributed by atoms with van der Waals surface area (Å²) in [4.78, 5) is 15.9. The first kappa shape index (κ1) is 16.2. The number of benzene rings is 2. The first-order valence-corrected chi connectivity index (χ1v) is 8.50. The third kappa shape index (κ3) is 4.00. The van der Waals surface area contributed by atoms with Crippen molar-refractivity contribution < 1.29 is 9.53 Å². The molecule has 1 heterocycles. The molecule has 2 aromatic carbocycles. The van der Waals surface area contributed by atoms with Crippen molar-refractivity contribution in [2.45, 2.75) is 20.5 Å². The molecule has 0 bridgehead atoms. The molecular formula is C19H18N2O2S. The second-order valence-corrected chi connectivity index (χ2v) is 6.33. The number of hydrogen-bond donors (Lipinski definition) is 1. The Balaban J connectivity index is 1.70. The number of rotatable bonds is 5. The zero-order valence-corrected chi connectivity index (χ0v) is 14.4. The zero-order chi connectivity index (χ0) is 16.9. The van der Waals surface area contributed by atoms with Gasteiger partial charge < -0.3 is 10.1 Å². The topological polar surface area (TPSA) is 51.2 Å². The predicted octanol–water partition coefficient (Wildman–Crippen LogP) is 4.66. The minimum absolute atomic E-state index is 0.124. The molecule has 0 aliphatic carbocycles. The van der Waals surface area contributed by atoms with E-state index in [1.165, 1.54) is 12.5 Å². The van der Waals surface area contributed by atoms with Crippen molar-refractivity contribution in [3.63, 3.8) is 0 Å². The number of carbonyl (C=O) groups is 1. The maximum atomic E-state index is 11.2. The van der Waals surface area contributed by atoms with E-state index in [-0.39, 0.29) is 5.91 Å². The van der Waals surface area contributed by atoms with Crippen LogP contribution in [-0.2, 0) is 11.4 Å². The Hall–Kier alpha value is -2.66. The highest BCUT2D eigenvalue weighted by Crippen LogP contribution is 2.27. The van der Waals surface area contributed by atoms with Crippen molar-refractivity contribution in [2.24, 2.45) is 0 Å². The summed E-state index contributed by atoms with van der Waals surface area (Å²) in [7, 11) is 0. The van der Waals surface area contributed by atoms with Gasteiger partial charge >= 0.3 is 0 Å². The molecule has 1 amide bonds. The van der Waals surface area contributed by atoms with E-state index in [9.17, 15) is 4.79 Å². The molecule has 0 aliphatic heterocycles. The van der Waals surface area contributed by atoms with Gasteiger partial charge in [0.1, 0.15) is 17.4 Å². The minimum atomic E-state index is -0.124. The third-order valence-electron chi connectivity index (χ3n) is 3.42. The van der Waals surface area contributed by atoms with Crippen molar-refractivity contribution in [2.75, 3.05) is 5.32 Å². The largest absolute Gasteiger partial charge is 0.485 e. The molecule has 1 N–H and O–H groups in total. The molecule has 0 saturated carbocycles. The van der Waals surface area contributed by atoms with Gasteiger partial charge in [0.2, 0.25) is 5.91 Å². The van der Waals surface area contributed by atoms with Crippen LogP contribution in [0.15, 0.2) is 53.9 Å². The second-order valence-electron chi connectivity index (χ2n) is 5.48. The molecule has 0 saturated heterocycles. The van der Waals surface area contributed by atoms with Gasteiger partial charge in [-0.25, -0.2) is 4.98 Å². The Kier molecular flexibility index (Phi) is 4.91. The number of amides is 1. The number of anilines is 1. The number of nitrogens with one attached hydrogen (secondary N) is 1. The van der Waals surface area contributed by atoms with Gasteiger partial charge in [-0.15, -0.1) is 11.3 Å². The minimum Gasteiger partial charge on any atom is -0.485 e. The monoisotopic (exact) mass is 338 g/mol. The number of aryl methyl sites for hydroxylation is 1. The average molecular weight is 338 g/mol. The van der Waals surface area contributed by atoms with Crippen molar-refractivity contribution in [3.8, 4) is 16.3 Å². The van der Waals surface area contributed by atoms with Crippen LogP contribution in [0.5, 0.6) is 5.75 Å². The summed E-state index contributed by atoms with van der Waals surface area (Å²) in [5, 5.41) is 5.74. The summed E-state index contributed by atoms with van der Waals surface area (Å²) in [6, 6.07) is 15.7. The van der Waals surface area contributed by atoms with Crippen LogP contribution in [0.1, 0.15) is 18.2 Å². The van der Waals surface area contributed by atoms with E-state index in [0.29, 0.717) is 18.0 Å². The molecule has 0 spiro atoms. The van der Waals surface area contributed by atoms with Crippen LogP contribution >= 0.6 is 11.3 Å². The molecule has 4 nitrogen and oxygen atoms in total. The van der Waals surface area contributed by atoms with E-state index in [1.54, 1.807) is 11.3 Å². The molecule has 0 fully saturated rings. The van der Waals surface area contributed by atoms with E-state index in [1.807, 2.05) is 29.6 Å². The van der Waals surface area contributed by atoms with Crippen LogP contribution in [0, 0.1) is 6.92 Å². The van der Waals surface area contributed by atoms with E-state index in [4.69, 9.17) is 4.74 Å². The van der Waals surface area contributed by atoms with Crippen molar-refractivity contribution in [3.05, 3.63) is 65.2 Å². The molecule has 3 aromatic rings. The van der Waals surface area contributed by atoms with Gasteiger partial charge in [0.25, 0.3) is 0 Å². The fourth-order valence-electron chi connectivity index (χ4n) is 2.24. The zero-order valence-electron chi connectivity index (χ0n) is 13.6. The fraction of sp³-hybridized carbons (Fsp3) is 0.158. The molecule has 3 rings (SSSR count). The Labute approximate surface area is 145 Å². The Morgan fingerprint density at radius 3 is 2.67 bits per heavy atom. The molecule has 0 atom stereocenters. The van der Waals surface area contributed by atoms with Crippen LogP contribution in [-0.4, -0.2) is 10.9 Å². The number of aromatic nitrogens is 1. The number of nitrogens with zero attached hydrogens (tertiary/aromatic N) is 1. The summed E-state index contributed by atoms with van der Waals surface area (Å²) in [5.41, 5.74) is 3.87. The van der Waals surface area contributed by atoms with Gasteiger partial charge in [0, 0.05) is 17.9 Å². The van der Waals surface area contributed by atoms with Gasteiger partial charge in [-0.1, -0.05) is 42.0 Å². The van der Waals surface area contributed by atoms with Gasteiger partial charge in [0.05, 0.1) is 11.4 Å². The molecule has 0 unspecified atom stereocenters. The van der Waals surface area contributed by atoms with Crippen molar-refractivity contribution >= 4 is 22.9 Å². The highest BCUT2D eigenvalue weighted by Gasteiger charge is 2.08. The van der Waals surface area contributed by atoms with Gasteiger partial charge in [0.15, 0.2) is 0 Å². The van der Waals surface area contributed by atoms with E-state index < -0.39 is 0 Å². The fourth-order valence-corrected chi connectivity index (χ4v) is 3.05. The lowest BCUT2D eigenvalue weighted by Gasteiger charge is -2.10. The number of ether oxygens (including phenoxy) is 1. The van der Waals surface area contributed by atoms with Crippen LogP contribution in [0.4, 0.5) is 5.69 Å². The highest BCUT2D eigenvalue weighted by atomic mass is 32.1. The van der Waals surface area contributed by atoms with E-state index >= 15 is 0 Å². The summed E-state index contributed by atoms with van der Waals surface area (Å²) >= 11 is 1.60. The Morgan fingerprint density at radius 1 is 1.17 bits per heavy atom. The van der Waals surface area contributed by atoms with E-state index in [0.717, 1.165) is 16.3 Å². The van der Waals surface area contributed by atoms with Crippen LogP contribution in [0.2, 0.25) is 0 Å². The maximum Gasteiger partial charge on any atom is 0.221 e. The van der Waals surface area contributed by atoms with Gasteiger partial charge in [-0.2, -0.15) is 0 Å². The number of hydrogen-bond acceptors (Lipinski definition) is 4. The standard InChI is InChI=1S/C19H18N2O2S/c1-13-7-9-15(10-8-13)19-21-16(12-24-19)11-23-18-6-4-3-5-17(18)20-14(2)22/h3-10,12H,11H2,1-2H3,(H,20,22). The third-order valence-corrected chi connectivity index (χ3v) is 4.36. The van der Waals surface area contributed by atoms with Gasteiger partial charge in [-0.05, 0) is 19.1 Å². The summed E-state index contributed by atoms with van der Waals surface area (Å²) in [6.45, 7) is 3.90. The second kappa shape index (κ2) is 7.27. The highest BCUT2D eigenvalue weighted by molar-refractivity contribution is 7.13.